The minimum absolute atomic E-state index is 0.307. The van der Waals surface area contributed by atoms with E-state index in [4.69, 9.17) is 14.2 Å². The predicted octanol–water partition coefficient (Wildman–Crippen LogP) is 2.19. The summed E-state index contributed by atoms with van der Waals surface area (Å²) < 4.78 is 16.1. The van der Waals surface area contributed by atoms with Gasteiger partial charge in [-0.25, -0.2) is 0 Å². The van der Waals surface area contributed by atoms with Crippen molar-refractivity contribution in [1.82, 2.24) is 0 Å². The second kappa shape index (κ2) is 6.06. The van der Waals surface area contributed by atoms with Crippen LogP contribution < -0.4 is 19.9 Å². The van der Waals surface area contributed by atoms with E-state index < -0.39 is 0 Å². The Morgan fingerprint density at radius 3 is 2.48 bits per heavy atom. The molecule has 21 heavy (non-hydrogen) atoms. The Kier molecular flexibility index (Phi) is 3.97. The number of quaternary nitrogens is 1. The number of methoxy groups -OCH3 is 1. The molecule has 1 aliphatic heterocycles. The van der Waals surface area contributed by atoms with Crippen LogP contribution in [0.1, 0.15) is 23.5 Å². The molecule has 4 heteroatoms. The summed E-state index contributed by atoms with van der Waals surface area (Å²) >= 11 is 0. The van der Waals surface area contributed by atoms with Crippen LogP contribution in [-0.2, 0) is 0 Å². The number of hydrogen-bond acceptors (Lipinski definition) is 3. The van der Waals surface area contributed by atoms with Crippen molar-refractivity contribution in [2.45, 2.75) is 12.3 Å². The second-order valence-corrected chi connectivity index (χ2v) is 5.08. The minimum Gasteiger partial charge on any atom is -0.497 e. The quantitative estimate of drug-likeness (QED) is 0.916. The van der Waals surface area contributed by atoms with Gasteiger partial charge in [-0.15, -0.1) is 0 Å². The third kappa shape index (κ3) is 2.81. The molecule has 0 saturated carbocycles. The van der Waals surface area contributed by atoms with E-state index in [1.807, 2.05) is 18.2 Å². The Morgan fingerprint density at radius 2 is 1.76 bits per heavy atom. The van der Waals surface area contributed by atoms with Crippen LogP contribution in [-0.4, -0.2) is 20.4 Å². The van der Waals surface area contributed by atoms with Crippen molar-refractivity contribution < 1.29 is 19.9 Å². The summed E-state index contributed by atoms with van der Waals surface area (Å²) in [5.74, 6) is 2.83. The fourth-order valence-electron chi connectivity index (χ4n) is 2.70. The molecule has 0 spiro atoms. The maximum atomic E-state index is 5.48. The first-order valence-corrected chi connectivity index (χ1v) is 7.14. The van der Waals surface area contributed by atoms with Gasteiger partial charge in [0.05, 0.1) is 13.7 Å². The van der Waals surface area contributed by atoms with Crippen LogP contribution in [0.25, 0.3) is 0 Å². The summed E-state index contributed by atoms with van der Waals surface area (Å²) in [4.78, 5) is 0. The fourth-order valence-corrected chi connectivity index (χ4v) is 2.70. The maximum Gasteiger partial charge on any atom is 0.231 e. The van der Waals surface area contributed by atoms with Crippen molar-refractivity contribution in [1.29, 1.82) is 0 Å². The molecule has 1 aliphatic rings. The highest BCUT2D eigenvalue weighted by atomic mass is 16.7. The molecule has 0 fully saturated rings. The van der Waals surface area contributed by atoms with Gasteiger partial charge < -0.3 is 19.9 Å². The number of fused-ring (bicyclic) bond motifs is 1. The lowest BCUT2D eigenvalue weighted by atomic mass is 9.88. The highest BCUT2D eigenvalue weighted by molar-refractivity contribution is 5.47. The van der Waals surface area contributed by atoms with Crippen molar-refractivity contribution in [3.8, 4) is 17.2 Å². The molecule has 2 aromatic carbocycles. The maximum absolute atomic E-state index is 5.48. The van der Waals surface area contributed by atoms with Crippen LogP contribution in [0.5, 0.6) is 17.2 Å². The van der Waals surface area contributed by atoms with Crippen LogP contribution in [0, 0.1) is 0 Å². The molecule has 4 nitrogen and oxygen atoms in total. The highest BCUT2D eigenvalue weighted by Gasteiger charge is 2.19. The minimum atomic E-state index is 0.307. The van der Waals surface area contributed by atoms with Crippen molar-refractivity contribution >= 4 is 0 Å². The molecular formula is C17H20NO3+. The summed E-state index contributed by atoms with van der Waals surface area (Å²) in [5, 5.41) is 0. The SMILES string of the molecule is COc1ccc([C@H](CC[NH3+])c2ccc3c(c2)OCO3)cc1. The monoisotopic (exact) mass is 286 g/mol. The van der Waals surface area contributed by atoms with Gasteiger partial charge in [-0.3, -0.25) is 0 Å². The molecule has 3 rings (SSSR count). The van der Waals surface area contributed by atoms with Crippen molar-refractivity contribution in [2.75, 3.05) is 20.4 Å². The first-order valence-electron chi connectivity index (χ1n) is 7.14. The summed E-state index contributed by atoms with van der Waals surface area (Å²) in [6.45, 7) is 1.19. The normalized spacial score (nSPS) is 14.0. The topological polar surface area (TPSA) is 55.3 Å². The molecular weight excluding hydrogens is 266 g/mol. The Morgan fingerprint density at radius 1 is 1.05 bits per heavy atom. The molecule has 110 valence electrons. The Bertz CT molecular complexity index is 610. The van der Waals surface area contributed by atoms with Gasteiger partial charge >= 0.3 is 0 Å². The van der Waals surface area contributed by atoms with E-state index in [0.29, 0.717) is 12.7 Å². The van der Waals surface area contributed by atoms with E-state index in [-0.39, 0.29) is 0 Å². The van der Waals surface area contributed by atoms with Crippen molar-refractivity contribution in [3.63, 3.8) is 0 Å². The highest BCUT2D eigenvalue weighted by Crippen LogP contribution is 2.37. The van der Waals surface area contributed by atoms with Crippen LogP contribution >= 0.6 is 0 Å². The molecule has 2 aromatic rings. The predicted molar refractivity (Wildman–Crippen MR) is 79.8 cm³/mol. The van der Waals surface area contributed by atoms with Gasteiger partial charge in [0.15, 0.2) is 11.5 Å². The zero-order valence-corrected chi connectivity index (χ0v) is 12.2. The van der Waals surface area contributed by atoms with Gasteiger partial charge in [0.1, 0.15) is 5.75 Å². The standard InChI is InChI=1S/C17H19NO3/c1-19-14-5-2-12(3-6-14)15(8-9-18)13-4-7-16-17(10-13)21-11-20-16/h2-7,10,15H,8-9,11,18H2,1H3/p+1/t15-/m0/s1. The van der Waals surface area contributed by atoms with Gasteiger partial charge in [0.25, 0.3) is 0 Å². The van der Waals surface area contributed by atoms with E-state index in [0.717, 1.165) is 30.2 Å². The molecule has 0 bridgehead atoms. The molecule has 0 amide bonds. The zero-order valence-electron chi connectivity index (χ0n) is 12.2. The molecule has 0 saturated heterocycles. The van der Waals surface area contributed by atoms with E-state index in [1.54, 1.807) is 7.11 Å². The number of hydrogen-bond donors (Lipinski definition) is 1. The van der Waals surface area contributed by atoms with Gasteiger partial charge in [-0.2, -0.15) is 0 Å². The average molecular weight is 286 g/mol. The summed E-state index contributed by atoms with van der Waals surface area (Å²) in [5.41, 5.74) is 6.49. The molecule has 0 aromatic heterocycles. The number of rotatable bonds is 5. The Labute approximate surface area is 124 Å². The zero-order chi connectivity index (χ0) is 14.7. The largest absolute Gasteiger partial charge is 0.497 e. The lowest BCUT2D eigenvalue weighted by molar-refractivity contribution is -0.368. The molecule has 0 radical (unpaired) electrons. The molecule has 1 atom stereocenters. The summed E-state index contributed by atoms with van der Waals surface area (Å²) in [6, 6.07) is 14.4. The van der Waals surface area contributed by atoms with Gasteiger partial charge in [-0.05, 0) is 35.4 Å². The lowest BCUT2D eigenvalue weighted by Crippen LogP contribution is -2.50. The van der Waals surface area contributed by atoms with Crippen LogP contribution in [0.15, 0.2) is 42.5 Å². The Hall–Kier alpha value is -2.20. The second-order valence-electron chi connectivity index (χ2n) is 5.08. The first kappa shape index (κ1) is 13.8. The summed E-state index contributed by atoms with van der Waals surface area (Å²) in [6.07, 6.45) is 0.992. The third-order valence-electron chi connectivity index (χ3n) is 3.81. The van der Waals surface area contributed by atoms with E-state index in [9.17, 15) is 0 Å². The molecule has 1 heterocycles. The number of ether oxygens (including phenoxy) is 3. The van der Waals surface area contributed by atoms with Gasteiger partial charge in [0.2, 0.25) is 6.79 Å². The first-order chi connectivity index (χ1) is 10.3. The molecule has 0 aliphatic carbocycles. The van der Waals surface area contributed by atoms with Crippen LogP contribution in [0.4, 0.5) is 0 Å². The fraction of sp³-hybridized carbons (Fsp3) is 0.294. The van der Waals surface area contributed by atoms with Crippen molar-refractivity contribution in [2.24, 2.45) is 0 Å². The third-order valence-corrected chi connectivity index (χ3v) is 3.81. The lowest BCUT2D eigenvalue weighted by Gasteiger charge is -2.17. The smallest absolute Gasteiger partial charge is 0.231 e. The van der Waals surface area contributed by atoms with Crippen LogP contribution in [0.2, 0.25) is 0 Å². The van der Waals surface area contributed by atoms with Crippen LogP contribution in [0.3, 0.4) is 0 Å². The van der Waals surface area contributed by atoms with Crippen molar-refractivity contribution in [3.05, 3.63) is 53.6 Å². The van der Waals surface area contributed by atoms with E-state index in [2.05, 4.69) is 30.0 Å². The Balaban J connectivity index is 1.93. The molecule has 3 N–H and O–H groups in total. The number of benzene rings is 2. The van der Waals surface area contributed by atoms with Gasteiger partial charge in [-0.1, -0.05) is 18.2 Å². The van der Waals surface area contributed by atoms with Gasteiger partial charge in [0, 0.05) is 12.3 Å². The summed E-state index contributed by atoms with van der Waals surface area (Å²) in [7, 11) is 1.68. The van der Waals surface area contributed by atoms with E-state index >= 15 is 0 Å². The average Bonchev–Trinajstić information content (AvgIpc) is 3.00. The van der Waals surface area contributed by atoms with E-state index in [1.165, 1.54) is 11.1 Å². The molecule has 0 unspecified atom stereocenters.